The molecule has 1 aliphatic carbocycles. The van der Waals surface area contributed by atoms with Gasteiger partial charge in [0.2, 0.25) is 0 Å². The summed E-state index contributed by atoms with van der Waals surface area (Å²) in [5, 5.41) is 18.3. The SMILES string of the molecule is Cc1cccc(-c2nnc(CO)n2C2CC2)c1Cl. The highest BCUT2D eigenvalue weighted by Gasteiger charge is 2.30. The summed E-state index contributed by atoms with van der Waals surface area (Å²) in [5.74, 6) is 1.38. The molecule has 2 aromatic rings. The van der Waals surface area contributed by atoms with Crippen molar-refractivity contribution in [1.82, 2.24) is 14.8 Å². The molecular formula is C13H14ClN3O. The van der Waals surface area contributed by atoms with E-state index in [9.17, 15) is 5.11 Å². The first-order valence-corrected chi connectivity index (χ1v) is 6.40. The number of hydrogen-bond acceptors (Lipinski definition) is 3. The third kappa shape index (κ3) is 1.82. The van der Waals surface area contributed by atoms with Crippen LogP contribution in [0.2, 0.25) is 5.02 Å². The van der Waals surface area contributed by atoms with Crippen LogP contribution < -0.4 is 0 Å². The summed E-state index contributed by atoms with van der Waals surface area (Å²) in [4.78, 5) is 0. The predicted octanol–water partition coefficient (Wildman–Crippen LogP) is 2.73. The molecule has 1 N–H and O–H groups in total. The molecule has 0 amide bonds. The van der Waals surface area contributed by atoms with E-state index in [0.717, 1.165) is 29.8 Å². The lowest BCUT2D eigenvalue weighted by molar-refractivity contribution is 0.265. The number of nitrogens with zero attached hydrogens (tertiary/aromatic N) is 3. The fourth-order valence-electron chi connectivity index (χ4n) is 2.15. The molecule has 0 unspecified atom stereocenters. The maximum atomic E-state index is 9.32. The Morgan fingerprint density at radius 3 is 2.83 bits per heavy atom. The largest absolute Gasteiger partial charge is 0.388 e. The Bertz CT molecular complexity index is 590. The molecule has 1 aliphatic rings. The first-order valence-electron chi connectivity index (χ1n) is 6.02. The highest BCUT2D eigenvalue weighted by atomic mass is 35.5. The van der Waals surface area contributed by atoms with Gasteiger partial charge in [-0.25, -0.2) is 0 Å². The number of rotatable bonds is 3. The highest BCUT2D eigenvalue weighted by Crippen LogP contribution is 2.40. The summed E-state index contributed by atoms with van der Waals surface area (Å²) in [6.07, 6.45) is 2.23. The number of benzene rings is 1. The summed E-state index contributed by atoms with van der Waals surface area (Å²) in [5.41, 5.74) is 1.90. The van der Waals surface area contributed by atoms with Crippen LogP contribution in [0.25, 0.3) is 11.4 Å². The average Bonchev–Trinajstić information content (AvgIpc) is 3.12. The van der Waals surface area contributed by atoms with Gasteiger partial charge in [0.15, 0.2) is 11.6 Å². The van der Waals surface area contributed by atoms with Gasteiger partial charge in [0.25, 0.3) is 0 Å². The summed E-state index contributed by atoms with van der Waals surface area (Å²) in [6, 6.07) is 6.28. The number of hydrogen-bond donors (Lipinski definition) is 1. The maximum absolute atomic E-state index is 9.32. The van der Waals surface area contributed by atoms with E-state index in [1.165, 1.54) is 0 Å². The van der Waals surface area contributed by atoms with Gasteiger partial charge in [0.05, 0.1) is 5.02 Å². The number of aliphatic hydroxyl groups excluding tert-OH is 1. The molecule has 1 saturated carbocycles. The molecule has 1 heterocycles. The minimum absolute atomic E-state index is 0.0903. The first kappa shape index (κ1) is 11.7. The van der Waals surface area contributed by atoms with Crippen molar-refractivity contribution >= 4 is 11.6 Å². The van der Waals surface area contributed by atoms with Crippen LogP contribution in [0.4, 0.5) is 0 Å². The van der Waals surface area contributed by atoms with Gasteiger partial charge < -0.3 is 9.67 Å². The van der Waals surface area contributed by atoms with E-state index in [-0.39, 0.29) is 6.61 Å². The molecule has 0 radical (unpaired) electrons. The van der Waals surface area contributed by atoms with Crippen molar-refractivity contribution in [3.8, 4) is 11.4 Å². The standard InChI is InChI=1S/C13H14ClN3O/c1-8-3-2-4-10(12(8)14)13-16-15-11(7-18)17(13)9-5-6-9/h2-4,9,18H,5-7H2,1H3. The highest BCUT2D eigenvalue weighted by molar-refractivity contribution is 6.33. The lowest BCUT2D eigenvalue weighted by atomic mass is 10.1. The molecule has 1 fully saturated rings. The van der Waals surface area contributed by atoms with Crippen molar-refractivity contribution < 1.29 is 5.11 Å². The van der Waals surface area contributed by atoms with Gasteiger partial charge in [-0.2, -0.15) is 0 Å². The predicted molar refractivity (Wildman–Crippen MR) is 69.4 cm³/mol. The molecule has 3 rings (SSSR count). The van der Waals surface area contributed by atoms with Crippen LogP contribution in [0.1, 0.15) is 30.3 Å². The van der Waals surface area contributed by atoms with Crippen LogP contribution in [0.3, 0.4) is 0 Å². The Labute approximate surface area is 110 Å². The molecule has 1 aromatic carbocycles. The van der Waals surface area contributed by atoms with Crippen LogP contribution in [0.5, 0.6) is 0 Å². The van der Waals surface area contributed by atoms with Crippen LogP contribution >= 0.6 is 11.6 Å². The number of aromatic nitrogens is 3. The Morgan fingerprint density at radius 2 is 2.17 bits per heavy atom. The van der Waals surface area contributed by atoms with E-state index in [1.807, 2.05) is 29.7 Å². The summed E-state index contributed by atoms with van der Waals surface area (Å²) < 4.78 is 2.01. The Hall–Kier alpha value is -1.39. The van der Waals surface area contributed by atoms with Gasteiger partial charge in [-0.15, -0.1) is 10.2 Å². The van der Waals surface area contributed by atoms with E-state index in [2.05, 4.69) is 10.2 Å². The molecule has 94 valence electrons. The molecule has 5 heteroatoms. The molecule has 18 heavy (non-hydrogen) atoms. The zero-order valence-corrected chi connectivity index (χ0v) is 10.9. The molecule has 4 nitrogen and oxygen atoms in total. The van der Waals surface area contributed by atoms with Gasteiger partial charge in [0, 0.05) is 11.6 Å². The van der Waals surface area contributed by atoms with Crippen LogP contribution in [-0.2, 0) is 6.61 Å². The lowest BCUT2D eigenvalue weighted by Gasteiger charge is -2.10. The third-order valence-electron chi connectivity index (χ3n) is 3.25. The second-order valence-electron chi connectivity index (χ2n) is 4.64. The van der Waals surface area contributed by atoms with Gasteiger partial charge >= 0.3 is 0 Å². The summed E-state index contributed by atoms with van der Waals surface area (Å²) in [7, 11) is 0. The molecule has 1 aromatic heterocycles. The molecule has 0 bridgehead atoms. The first-order chi connectivity index (χ1) is 8.72. The zero-order chi connectivity index (χ0) is 12.7. The molecule has 0 atom stereocenters. The Morgan fingerprint density at radius 1 is 1.39 bits per heavy atom. The molecule has 0 spiro atoms. The minimum Gasteiger partial charge on any atom is -0.388 e. The van der Waals surface area contributed by atoms with Gasteiger partial charge in [-0.3, -0.25) is 0 Å². The second-order valence-corrected chi connectivity index (χ2v) is 5.01. The van der Waals surface area contributed by atoms with Crippen molar-refractivity contribution in [2.45, 2.75) is 32.4 Å². The number of halogens is 1. The normalized spacial score (nSPS) is 15.1. The van der Waals surface area contributed by atoms with Crippen LogP contribution in [0, 0.1) is 6.92 Å². The van der Waals surface area contributed by atoms with Crippen molar-refractivity contribution in [2.24, 2.45) is 0 Å². The Balaban J connectivity index is 2.17. The maximum Gasteiger partial charge on any atom is 0.165 e. The number of aliphatic hydroxyl groups is 1. The van der Waals surface area contributed by atoms with Crippen molar-refractivity contribution in [3.63, 3.8) is 0 Å². The van der Waals surface area contributed by atoms with E-state index in [0.29, 0.717) is 16.9 Å². The van der Waals surface area contributed by atoms with Gasteiger partial charge in [0.1, 0.15) is 6.61 Å². The fraction of sp³-hybridized carbons (Fsp3) is 0.385. The quantitative estimate of drug-likeness (QED) is 0.926. The van der Waals surface area contributed by atoms with Crippen molar-refractivity contribution in [3.05, 3.63) is 34.6 Å². The molecular weight excluding hydrogens is 250 g/mol. The van der Waals surface area contributed by atoms with Crippen LogP contribution in [-0.4, -0.2) is 19.9 Å². The molecule has 0 saturated heterocycles. The van der Waals surface area contributed by atoms with Crippen molar-refractivity contribution in [2.75, 3.05) is 0 Å². The third-order valence-corrected chi connectivity index (χ3v) is 3.75. The smallest absolute Gasteiger partial charge is 0.165 e. The summed E-state index contributed by atoms with van der Waals surface area (Å²) >= 11 is 6.33. The zero-order valence-electron chi connectivity index (χ0n) is 10.1. The van der Waals surface area contributed by atoms with E-state index in [1.54, 1.807) is 0 Å². The van der Waals surface area contributed by atoms with E-state index < -0.39 is 0 Å². The fourth-order valence-corrected chi connectivity index (χ4v) is 2.36. The monoisotopic (exact) mass is 263 g/mol. The lowest BCUT2D eigenvalue weighted by Crippen LogP contribution is -2.03. The van der Waals surface area contributed by atoms with E-state index >= 15 is 0 Å². The number of aryl methyl sites for hydroxylation is 1. The average molecular weight is 264 g/mol. The van der Waals surface area contributed by atoms with Crippen LogP contribution in [0.15, 0.2) is 18.2 Å². The summed E-state index contributed by atoms with van der Waals surface area (Å²) in [6.45, 7) is 1.88. The van der Waals surface area contributed by atoms with Crippen molar-refractivity contribution in [1.29, 1.82) is 0 Å². The topological polar surface area (TPSA) is 50.9 Å². The second kappa shape index (κ2) is 4.37. The van der Waals surface area contributed by atoms with Gasteiger partial charge in [-0.1, -0.05) is 23.7 Å². The minimum atomic E-state index is -0.0903. The molecule has 0 aliphatic heterocycles. The van der Waals surface area contributed by atoms with Gasteiger partial charge in [-0.05, 0) is 31.4 Å². The van der Waals surface area contributed by atoms with E-state index in [4.69, 9.17) is 11.6 Å². The Kier molecular flexibility index (Phi) is 2.84.